The maximum Gasteiger partial charge on any atom is 0.326 e. The molecular weight excluding hydrogens is 474 g/mol. The summed E-state index contributed by atoms with van der Waals surface area (Å²) in [7, 11) is 0. The van der Waals surface area contributed by atoms with E-state index in [4.69, 9.17) is 5.73 Å². The number of hydrogen-bond acceptors (Lipinski definition) is 7. The number of nitrogens with two attached hydrogens (primary N) is 1. The molecule has 0 spiro atoms. The summed E-state index contributed by atoms with van der Waals surface area (Å²) in [5.74, 6) is -5.10. The van der Waals surface area contributed by atoms with Gasteiger partial charge < -0.3 is 41.6 Å². The lowest BCUT2D eigenvalue weighted by molar-refractivity contribution is -0.150. The molecule has 1 aliphatic rings. The van der Waals surface area contributed by atoms with Crippen LogP contribution in [0.3, 0.4) is 0 Å². The average Bonchev–Trinajstić information content (AvgIpc) is 3.49. The Balaban J connectivity index is 1.85. The van der Waals surface area contributed by atoms with E-state index in [-0.39, 0.29) is 19.4 Å². The van der Waals surface area contributed by atoms with Crippen LogP contribution in [0, 0.1) is 0 Å². The molecule has 4 atom stereocenters. The Bertz CT molecular complexity index is 1150. The minimum atomic E-state index is -1.55. The van der Waals surface area contributed by atoms with Crippen LogP contribution in [0.25, 0.3) is 10.9 Å². The maximum atomic E-state index is 13.3. The van der Waals surface area contributed by atoms with Gasteiger partial charge in [-0.3, -0.25) is 19.2 Å². The zero-order valence-electron chi connectivity index (χ0n) is 19.3. The molecule has 3 rings (SSSR count). The molecule has 194 valence electrons. The van der Waals surface area contributed by atoms with E-state index < -0.39 is 66.9 Å². The third kappa shape index (κ3) is 6.17. The van der Waals surface area contributed by atoms with Crippen molar-refractivity contribution in [2.24, 2.45) is 5.73 Å². The summed E-state index contributed by atoms with van der Waals surface area (Å²) in [5.41, 5.74) is 7.03. The van der Waals surface area contributed by atoms with Crippen LogP contribution >= 0.6 is 0 Å². The Hall–Kier alpha value is -3.97. The number of aliphatic hydroxyl groups excluding tert-OH is 1. The molecule has 36 heavy (non-hydrogen) atoms. The number of amides is 3. The first-order valence-corrected chi connectivity index (χ1v) is 11.4. The van der Waals surface area contributed by atoms with E-state index in [0.717, 1.165) is 15.8 Å². The van der Waals surface area contributed by atoms with Crippen LogP contribution in [-0.2, 0) is 30.4 Å². The molecular formula is C23H29N5O8. The normalized spacial score (nSPS) is 17.8. The summed E-state index contributed by atoms with van der Waals surface area (Å²) in [6, 6.07) is 2.01. The van der Waals surface area contributed by atoms with E-state index in [0.29, 0.717) is 12.0 Å². The zero-order valence-corrected chi connectivity index (χ0v) is 19.3. The number of H-pyrrole nitrogens is 1. The lowest BCUT2D eigenvalue weighted by Gasteiger charge is -2.28. The lowest BCUT2D eigenvalue weighted by atomic mass is 10.0. The minimum Gasteiger partial charge on any atom is -0.481 e. The monoisotopic (exact) mass is 503 g/mol. The number of nitrogens with zero attached hydrogens (tertiary/aromatic N) is 1. The van der Waals surface area contributed by atoms with Crippen LogP contribution in [0.2, 0.25) is 0 Å². The van der Waals surface area contributed by atoms with Crippen LogP contribution in [0.4, 0.5) is 0 Å². The quantitative estimate of drug-likeness (QED) is 0.191. The molecule has 0 saturated carbocycles. The molecule has 0 bridgehead atoms. The largest absolute Gasteiger partial charge is 0.481 e. The molecule has 13 heteroatoms. The number of fused-ring (bicyclic) bond motifs is 1. The molecule has 1 fully saturated rings. The molecule has 1 aromatic carbocycles. The predicted molar refractivity (Wildman–Crippen MR) is 126 cm³/mol. The summed E-state index contributed by atoms with van der Waals surface area (Å²) in [6.45, 7) is -0.554. The van der Waals surface area contributed by atoms with Crippen LogP contribution < -0.4 is 16.4 Å². The van der Waals surface area contributed by atoms with E-state index >= 15 is 0 Å². The molecule has 3 amide bonds. The summed E-state index contributed by atoms with van der Waals surface area (Å²) < 4.78 is 0. The second-order valence-corrected chi connectivity index (χ2v) is 8.60. The van der Waals surface area contributed by atoms with Crippen molar-refractivity contribution in [1.82, 2.24) is 20.5 Å². The zero-order chi connectivity index (χ0) is 26.4. The number of carboxylic acid groups (broad SMARTS) is 2. The number of likely N-dealkylation sites (tertiary alicyclic amines) is 1. The molecule has 0 radical (unpaired) electrons. The van der Waals surface area contributed by atoms with Gasteiger partial charge in [-0.05, 0) is 24.5 Å². The van der Waals surface area contributed by atoms with Crippen molar-refractivity contribution >= 4 is 40.6 Å². The van der Waals surface area contributed by atoms with Gasteiger partial charge >= 0.3 is 11.9 Å². The highest BCUT2D eigenvalue weighted by Gasteiger charge is 2.39. The van der Waals surface area contributed by atoms with Gasteiger partial charge in [0.05, 0.1) is 13.0 Å². The number of benzene rings is 1. The van der Waals surface area contributed by atoms with E-state index in [2.05, 4.69) is 15.6 Å². The minimum absolute atomic E-state index is 0.0326. The number of rotatable bonds is 11. The average molecular weight is 504 g/mol. The molecule has 8 N–H and O–H groups in total. The third-order valence-corrected chi connectivity index (χ3v) is 6.08. The van der Waals surface area contributed by atoms with Crippen LogP contribution in [0.1, 0.15) is 24.8 Å². The van der Waals surface area contributed by atoms with Crippen molar-refractivity contribution in [3.63, 3.8) is 0 Å². The summed E-state index contributed by atoms with van der Waals surface area (Å²) in [5, 5.41) is 33.5. The van der Waals surface area contributed by atoms with Gasteiger partial charge in [0, 0.05) is 30.1 Å². The van der Waals surface area contributed by atoms with Crippen molar-refractivity contribution in [2.45, 2.75) is 49.9 Å². The summed E-state index contributed by atoms with van der Waals surface area (Å²) >= 11 is 0. The highest BCUT2D eigenvalue weighted by Crippen LogP contribution is 2.21. The van der Waals surface area contributed by atoms with Crippen LogP contribution in [0.5, 0.6) is 0 Å². The number of carbonyl (C=O) groups excluding carboxylic acids is 3. The number of hydrogen-bond donors (Lipinski definition) is 7. The summed E-state index contributed by atoms with van der Waals surface area (Å²) in [6.07, 6.45) is 1.49. The van der Waals surface area contributed by atoms with Gasteiger partial charge in [-0.2, -0.15) is 0 Å². The SMILES string of the molecule is NC(CO)C(=O)NC(Cc1c[nH]c2ccccc12)C(=O)NC(CC(=O)O)C(=O)N1CCCC1C(=O)O. The molecule has 2 heterocycles. The van der Waals surface area contributed by atoms with Crippen molar-refractivity contribution < 1.29 is 39.3 Å². The highest BCUT2D eigenvalue weighted by molar-refractivity contribution is 5.96. The molecule has 1 saturated heterocycles. The van der Waals surface area contributed by atoms with Crippen LogP contribution in [-0.4, -0.2) is 92.2 Å². The molecule has 13 nitrogen and oxygen atoms in total. The summed E-state index contributed by atoms with van der Waals surface area (Å²) in [4.78, 5) is 65.8. The van der Waals surface area contributed by atoms with E-state index in [1.54, 1.807) is 12.3 Å². The fourth-order valence-corrected chi connectivity index (χ4v) is 4.23. The van der Waals surface area contributed by atoms with Gasteiger partial charge in [-0.15, -0.1) is 0 Å². The van der Waals surface area contributed by atoms with E-state index in [1.807, 2.05) is 18.2 Å². The fraction of sp³-hybridized carbons (Fsp3) is 0.435. The van der Waals surface area contributed by atoms with Crippen molar-refractivity contribution in [1.29, 1.82) is 0 Å². The number of aromatic amines is 1. The smallest absolute Gasteiger partial charge is 0.326 e. The van der Waals surface area contributed by atoms with Crippen LogP contribution in [0.15, 0.2) is 30.5 Å². The van der Waals surface area contributed by atoms with Crippen molar-refractivity contribution in [3.8, 4) is 0 Å². The van der Waals surface area contributed by atoms with E-state index in [1.165, 1.54) is 0 Å². The Morgan fingerprint density at radius 3 is 2.44 bits per heavy atom. The topological polar surface area (TPSA) is 215 Å². The number of aliphatic carboxylic acids is 2. The predicted octanol–water partition coefficient (Wildman–Crippen LogP) is -1.45. The van der Waals surface area contributed by atoms with Gasteiger partial charge in [0.2, 0.25) is 17.7 Å². The van der Waals surface area contributed by atoms with Gasteiger partial charge in [0.1, 0.15) is 24.2 Å². The molecule has 0 aliphatic carbocycles. The number of carboxylic acids is 2. The third-order valence-electron chi connectivity index (χ3n) is 6.08. The highest BCUT2D eigenvalue weighted by atomic mass is 16.4. The second-order valence-electron chi connectivity index (χ2n) is 8.60. The van der Waals surface area contributed by atoms with Gasteiger partial charge in [-0.1, -0.05) is 18.2 Å². The number of aromatic nitrogens is 1. The van der Waals surface area contributed by atoms with E-state index in [9.17, 15) is 39.3 Å². The number of para-hydroxylation sites is 1. The second kappa shape index (κ2) is 11.6. The number of carbonyl (C=O) groups is 5. The van der Waals surface area contributed by atoms with Crippen molar-refractivity contribution in [2.75, 3.05) is 13.2 Å². The molecule has 1 aromatic heterocycles. The molecule has 4 unspecified atom stereocenters. The lowest BCUT2D eigenvalue weighted by Crippen LogP contribution is -2.58. The van der Waals surface area contributed by atoms with Crippen molar-refractivity contribution in [3.05, 3.63) is 36.0 Å². The standard InChI is InChI=1S/C23H29N5O8/c24-14(11-29)20(32)26-16(8-12-10-25-15-5-2-1-4-13(12)15)21(33)27-17(9-19(30)31)22(34)28-7-3-6-18(28)23(35)36/h1-2,4-5,10,14,16-18,25,29H,3,6-9,11,24H2,(H,26,32)(H,27,33)(H,30,31)(H,35,36). The Labute approximate surface area is 205 Å². The first-order chi connectivity index (χ1) is 17.1. The maximum absolute atomic E-state index is 13.3. The first kappa shape index (κ1) is 26.6. The van der Waals surface area contributed by atoms with Gasteiger partial charge in [-0.25, -0.2) is 4.79 Å². The Morgan fingerprint density at radius 1 is 1.08 bits per heavy atom. The number of nitrogens with one attached hydrogen (secondary N) is 3. The Kier molecular flexibility index (Phi) is 8.61. The Morgan fingerprint density at radius 2 is 1.78 bits per heavy atom. The van der Waals surface area contributed by atoms with Gasteiger partial charge in [0.15, 0.2) is 0 Å². The molecule has 1 aliphatic heterocycles. The first-order valence-electron chi connectivity index (χ1n) is 11.4. The fourth-order valence-electron chi connectivity index (χ4n) is 4.23. The molecule has 2 aromatic rings. The number of aliphatic hydroxyl groups is 1. The van der Waals surface area contributed by atoms with Gasteiger partial charge in [0.25, 0.3) is 0 Å².